The van der Waals surface area contributed by atoms with Gasteiger partial charge in [-0.15, -0.1) is 0 Å². The number of para-hydroxylation sites is 2. The van der Waals surface area contributed by atoms with Crippen LogP contribution in [-0.2, 0) is 4.74 Å². The number of benzene rings is 2. The van der Waals surface area contributed by atoms with E-state index < -0.39 is 10.9 Å². The van der Waals surface area contributed by atoms with Gasteiger partial charge in [0.15, 0.2) is 0 Å². The number of hydrogen-bond donors (Lipinski definition) is 1. The number of ether oxygens (including phenoxy) is 2. The number of nitro groups is 1. The Morgan fingerprint density at radius 2 is 1.92 bits per heavy atom. The third-order valence-corrected chi connectivity index (χ3v) is 3.40. The van der Waals surface area contributed by atoms with Crippen LogP contribution in [-0.4, -0.2) is 22.5 Å². The zero-order chi connectivity index (χ0) is 17.1. The summed E-state index contributed by atoms with van der Waals surface area (Å²) >= 11 is 0. The fourth-order valence-electron chi connectivity index (χ4n) is 2.35. The predicted octanol–water partition coefficient (Wildman–Crippen LogP) is 4.05. The summed E-state index contributed by atoms with van der Waals surface area (Å²) < 4.78 is 10.7. The molecule has 0 saturated heterocycles. The third-order valence-electron chi connectivity index (χ3n) is 3.40. The zero-order valence-corrected chi connectivity index (χ0v) is 12.8. The van der Waals surface area contributed by atoms with Crippen molar-refractivity contribution in [1.29, 1.82) is 0 Å². The van der Waals surface area contributed by atoms with Crippen molar-refractivity contribution in [3.63, 3.8) is 0 Å². The van der Waals surface area contributed by atoms with Gasteiger partial charge in [0.2, 0.25) is 5.75 Å². The van der Waals surface area contributed by atoms with Gasteiger partial charge >= 0.3 is 11.7 Å². The first kappa shape index (κ1) is 15.5. The minimum atomic E-state index is -0.503. The number of H-pyrrole nitrogens is 1. The van der Waals surface area contributed by atoms with Gasteiger partial charge in [-0.05, 0) is 31.2 Å². The molecule has 3 aromatic rings. The molecule has 1 aromatic heterocycles. The lowest BCUT2D eigenvalue weighted by molar-refractivity contribution is -0.385. The van der Waals surface area contributed by atoms with E-state index >= 15 is 0 Å². The number of rotatable bonds is 5. The van der Waals surface area contributed by atoms with Crippen LogP contribution in [0.3, 0.4) is 0 Å². The van der Waals surface area contributed by atoms with Gasteiger partial charge in [0.05, 0.1) is 11.5 Å². The molecule has 0 aliphatic carbocycles. The summed E-state index contributed by atoms with van der Waals surface area (Å²) in [5.41, 5.74) is 0.843. The standard InChI is InChI=1S/C17H14N2O5/c1-2-23-17(20)13-10-11-12(18-13)6-5-9-15(11)24-16-8-4-3-7-14(16)19(21)22/h3-10,18H,2H2,1H3. The summed E-state index contributed by atoms with van der Waals surface area (Å²) in [7, 11) is 0. The molecule has 7 nitrogen and oxygen atoms in total. The molecule has 0 fully saturated rings. The number of nitrogens with zero attached hydrogens (tertiary/aromatic N) is 1. The van der Waals surface area contributed by atoms with Gasteiger partial charge in [0.1, 0.15) is 11.4 Å². The number of aromatic nitrogens is 1. The van der Waals surface area contributed by atoms with E-state index in [9.17, 15) is 14.9 Å². The Balaban J connectivity index is 2.01. The smallest absolute Gasteiger partial charge is 0.354 e. The molecule has 7 heteroatoms. The van der Waals surface area contributed by atoms with Crippen LogP contribution in [0.5, 0.6) is 11.5 Å². The molecule has 2 aromatic carbocycles. The number of carbonyl (C=O) groups excluding carboxylic acids is 1. The SMILES string of the molecule is CCOC(=O)c1cc2c(Oc3ccccc3[N+](=O)[O-])cccc2[nH]1. The third kappa shape index (κ3) is 2.91. The minimum absolute atomic E-state index is 0.129. The number of fused-ring (bicyclic) bond motifs is 1. The highest BCUT2D eigenvalue weighted by Gasteiger charge is 2.17. The number of nitro benzene ring substituents is 1. The molecule has 0 saturated carbocycles. The van der Waals surface area contributed by atoms with Crippen LogP contribution in [0.25, 0.3) is 10.9 Å². The highest BCUT2D eigenvalue weighted by Crippen LogP contribution is 2.35. The van der Waals surface area contributed by atoms with Gasteiger partial charge in [-0.3, -0.25) is 10.1 Å². The fourth-order valence-corrected chi connectivity index (χ4v) is 2.35. The molecule has 122 valence electrons. The van der Waals surface area contributed by atoms with Crippen LogP contribution in [0, 0.1) is 10.1 Å². The summed E-state index contributed by atoms with van der Waals surface area (Å²) in [5, 5.41) is 11.7. The van der Waals surface area contributed by atoms with Crippen LogP contribution in [0.2, 0.25) is 0 Å². The van der Waals surface area contributed by atoms with Crippen LogP contribution in [0.15, 0.2) is 48.5 Å². The molecular weight excluding hydrogens is 312 g/mol. The Bertz CT molecular complexity index is 916. The Kier molecular flexibility index (Phi) is 4.15. The summed E-state index contributed by atoms with van der Waals surface area (Å²) in [6, 6.07) is 12.9. The zero-order valence-electron chi connectivity index (χ0n) is 12.8. The predicted molar refractivity (Wildman–Crippen MR) is 87.4 cm³/mol. The second-order valence-corrected chi connectivity index (χ2v) is 4.95. The van der Waals surface area contributed by atoms with Crippen molar-refractivity contribution in [2.45, 2.75) is 6.92 Å². The Morgan fingerprint density at radius 3 is 2.67 bits per heavy atom. The number of hydrogen-bond acceptors (Lipinski definition) is 5. The molecule has 1 heterocycles. The molecule has 3 rings (SSSR count). The molecule has 24 heavy (non-hydrogen) atoms. The highest BCUT2D eigenvalue weighted by atomic mass is 16.6. The normalized spacial score (nSPS) is 10.5. The van der Waals surface area contributed by atoms with Gasteiger partial charge in [0, 0.05) is 17.0 Å². The fraction of sp³-hybridized carbons (Fsp3) is 0.118. The average molecular weight is 326 g/mol. The summed E-state index contributed by atoms with van der Waals surface area (Å²) in [4.78, 5) is 25.4. The molecule has 0 spiro atoms. The maximum absolute atomic E-state index is 11.8. The first-order valence-corrected chi connectivity index (χ1v) is 7.30. The molecule has 0 amide bonds. The van der Waals surface area contributed by atoms with E-state index in [1.807, 2.05) is 0 Å². The maximum atomic E-state index is 11.8. The van der Waals surface area contributed by atoms with Crippen molar-refractivity contribution in [3.05, 3.63) is 64.3 Å². The molecule has 0 aliphatic rings. The Labute approximate surface area is 137 Å². The first-order valence-electron chi connectivity index (χ1n) is 7.30. The highest BCUT2D eigenvalue weighted by molar-refractivity contribution is 5.97. The van der Waals surface area contributed by atoms with Crippen molar-refractivity contribution in [2.24, 2.45) is 0 Å². The Morgan fingerprint density at radius 1 is 1.17 bits per heavy atom. The number of carbonyl (C=O) groups is 1. The summed E-state index contributed by atoms with van der Waals surface area (Å²) in [6.45, 7) is 2.00. The monoisotopic (exact) mass is 326 g/mol. The van der Waals surface area contributed by atoms with Gasteiger partial charge in [-0.1, -0.05) is 18.2 Å². The van der Waals surface area contributed by atoms with Crippen molar-refractivity contribution in [3.8, 4) is 11.5 Å². The minimum Gasteiger partial charge on any atom is -0.461 e. The van der Waals surface area contributed by atoms with Gasteiger partial charge in [-0.25, -0.2) is 4.79 Å². The number of nitrogens with one attached hydrogen (secondary N) is 1. The van der Waals surface area contributed by atoms with Crippen LogP contribution < -0.4 is 4.74 Å². The second kappa shape index (κ2) is 6.41. The maximum Gasteiger partial charge on any atom is 0.354 e. The van der Waals surface area contributed by atoms with E-state index in [1.54, 1.807) is 43.3 Å². The van der Waals surface area contributed by atoms with E-state index in [4.69, 9.17) is 9.47 Å². The molecule has 0 unspecified atom stereocenters. The van der Waals surface area contributed by atoms with Crippen molar-refractivity contribution < 1.29 is 19.2 Å². The molecule has 0 aliphatic heterocycles. The molecule has 0 atom stereocenters. The van der Waals surface area contributed by atoms with Gasteiger partial charge in [0.25, 0.3) is 0 Å². The van der Waals surface area contributed by atoms with E-state index in [-0.39, 0.29) is 18.0 Å². The summed E-state index contributed by atoms with van der Waals surface area (Å²) in [5.74, 6) is 0.0767. The number of esters is 1. The average Bonchev–Trinajstić information content (AvgIpc) is 3.01. The van der Waals surface area contributed by atoms with E-state index in [2.05, 4.69) is 4.98 Å². The van der Waals surface area contributed by atoms with E-state index in [1.165, 1.54) is 12.1 Å². The Hall–Kier alpha value is -3.35. The lowest BCUT2D eigenvalue weighted by atomic mass is 10.2. The number of aromatic amines is 1. The topological polar surface area (TPSA) is 94.5 Å². The molecular formula is C17H14N2O5. The van der Waals surface area contributed by atoms with E-state index in [0.29, 0.717) is 22.3 Å². The lowest BCUT2D eigenvalue weighted by Gasteiger charge is -2.07. The second-order valence-electron chi connectivity index (χ2n) is 4.95. The van der Waals surface area contributed by atoms with Crippen molar-refractivity contribution >= 4 is 22.6 Å². The van der Waals surface area contributed by atoms with Gasteiger partial charge < -0.3 is 14.5 Å². The summed E-state index contributed by atoms with van der Waals surface area (Å²) in [6.07, 6.45) is 0. The van der Waals surface area contributed by atoms with E-state index in [0.717, 1.165) is 0 Å². The van der Waals surface area contributed by atoms with Crippen LogP contribution in [0.1, 0.15) is 17.4 Å². The van der Waals surface area contributed by atoms with Crippen LogP contribution in [0.4, 0.5) is 5.69 Å². The largest absolute Gasteiger partial charge is 0.461 e. The quantitative estimate of drug-likeness (QED) is 0.434. The molecule has 0 bridgehead atoms. The lowest BCUT2D eigenvalue weighted by Crippen LogP contribution is -2.04. The molecule has 1 N–H and O–H groups in total. The van der Waals surface area contributed by atoms with Crippen molar-refractivity contribution in [2.75, 3.05) is 6.61 Å². The molecule has 0 radical (unpaired) electrons. The van der Waals surface area contributed by atoms with Crippen molar-refractivity contribution in [1.82, 2.24) is 4.98 Å². The van der Waals surface area contributed by atoms with Gasteiger partial charge in [-0.2, -0.15) is 0 Å². The first-order chi connectivity index (χ1) is 11.6. The van der Waals surface area contributed by atoms with Crippen LogP contribution >= 0.6 is 0 Å².